The van der Waals surface area contributed by atoms with Gasteiger partial charge in [0.05, 0.1) is 17.3 Å². The summed E-state index contributed by atoms with van der Waals surface area (Å²) >= 11 is 5.94. The molecule has 4 nitrogen and oxygen atoms in total. The third-order valence-electron chi connectivity index (χ3n) is 4.14. The van der Waals surface area contributed by atoms with Crippen molar-refractivity contribution >= 4 is 23.2 Å². The van der Waals surface area contributed by atoms with Gasteiger partial charge >= 0.3 is 0 Å². The van der Waals surface area contributed by atoms with Crippen molar-refractivity contribution in [3.05, 3.63) is 64.7 Å². The highest BCUT2D eigenvalue weighted by Crippen LogP contribution is 2.24. The van der Waals surface area contributed by atoms with Crippen molar-refractivity contribution in [1.82, 2.24) is 10.2 Å². The van der Waals surface area contributed by atoms with Crippen LogP contribution in [-0.2, 0) is 4.79 Å². The first-order chi connectivity index (χ1) is 12.0. The number of amides is 1. The molecule has 25 heavy (non-hydrogen) atoms. The predicted molar refractivity (Wildman–Crippen MR) is 93.6 cm³/mol. The first-order valence-electron chi connectivity index (χ1n) is 7.98. The topological polar surface area (TPSA) is 44.4 Å². The Bertz CT molecular complexity index is 772. The monoisotopic (exact) mass is 365 g/mol. The van der Waals surface area contributed by atoms with Gasteiger partial charge in [0.25, 0.3) is 0 Å². The van der Waals surface area contributed by atoms with Gasteiger partial charge in [-0.15, -0.1) is 0 Å². The lowest BCUT2D eigenvalue weighted by Gasteiger charge is -2.36. The van der Waals surface area contributed by atoms with Crippen LogP contribution in [0.2, 0.25) is 5.02 Å². The first-order valence-corrected chi connectivity index (χ1v) is 8.36. The minimum atomic E-state index is -0.462. The average molecular weight is 366 g/mol. The van der Waals surface area contributed by atoms with E-state index in [1.165, 1.54) is 24.3 Å². The van der Waals surface area contributed by atoms with Crippen LogP contribution < -0.4 is 10.6 Å². The highest BCUT2D eigenvalue weighted by molar-refractivity contribution is 6.33. The normalized spacial score (nSPS) is 18.1. The fourth-order valence-electron chi connectivity index (χ4n) is 2.94. The number of hydrogen-bond donors (Lipinski definition) is 2. The van der Waals surface area contributed by atoms with Gasteiger partial charge in [0, 0.05) is 25.7 Å². The summed E-state index contributed by atoms with van der Waals surface area (Å²) in [5.41, 5.74) is 1.19. The fraction of sp³-hybridized carbons (Fsp3) is 0.278. The van der Waals surface area contributed by atoms with Crippen LogP contribution in [0, 0.1) is 11.6 Å². The van der Waals surface area contributed by atoms with E-state index < -0.39 is 5.82 Å². The summed E-state index contributed by atoms with van der Waals surface area (Å²) in [6, 6.07) is 10.1. The number of hydrogen-bond acceptors (Lipinski definition) is 3. The zero-order valence-electron chi connectivity index (χ0n) is 13.4. The second kappa shape index (κ2) is 7.91. The molecule has 0 bridgehead atoms. The highest BCUT2D eigenvalue weighted by Gasteiger charge is 2.26. The van der Waals surface area contributed by atoms with Crippen molar-refractivity contribution < 1.29 is 13.6 Å². The maximum absolute atomic E-state index is 13.5. The van der Waals surface area contributed by atoms with Crippen molar-refractivity contribution in [2.75, 3.05) is 31.5 Å². The Kier molecular flexibility index (Phi) is 5.63. The molecule has 1 fully saturated rings. The van der Waals surface area contributed by atoms with Crippen molar-refractivity contribution in [2.24, 2.45) is 0 Å². The Morgan fingerprint density at radius 2 is 2.04 bits per heavy atom. The summed E-state index contributed by atoms with van der Waals surface area (Å²) in [7, 11) is 0. The van der Waals surface area contributed by atoms with Crippen molar-refractivity contribution in [3.8, 4) is 0 Å². The molecule has 7 heteroatoms. The zero-order valence-corrected chi connectivity index (χ0v) is 14.2. The molecule has 2 N–H and O–H groups in total. The summed E-state index contributed by atoms with van der Waals surface area (Å²) in [4.78, 5) is 14.3. The van der Waals surface area contributed by atoms with Gasteiger partial charge in [-0.2, -0.15) is 0 Å². The Hall–Kier alpha value is -2.02. The summed E-state index contributed by atoms with van der Waals surface area (Å²) in [6.45, 7) is 2.17. The fourth-order valence-corrected chi connectivity index (χ4v) is 3.16. The molecule has 1 saturated heterocycles. The van der Waals surface area contributed by atoms with E-state index in [1.54, 1.807) is 6.07 Å². The van der Waals surface area contributed by atoms with Crippen LogP contribution in [0.15, 0.2) is 42.5 Å². The molecule has 0 aliphatic carbocycles. The van der Waals surface area contributed by atoms with Crippen molar-refractivity contribution in [2.45, 2.75) is 6.04 Å². The minimum Gasteiger partial charge on any atom is -0.324 e. The first kappa shape index (κ1) is 17.8. The molecule has 1 heterocycles. The standard InChI is InChI=1S/C18H18ClF2N3O/c19-15-9-14(21)4-5-16(15)23-18(25)11-24-7-6-22-10-17(24)12-2-1-3-13(20)8-12/h1-5,8-9,17,22H,6-7,10-11H2,(H,23,25). The molecule has 1 atom stereocenters. The van der Waals surface area contributed by atoms with Crippen LogP contribution in [0.5, 0.6) is 0 Å². The Morgan fingerprint density at radius 3 is 2.80 bits per heavy atom. The zero-order chi connectivity index (χ0) is 17.8. The molecule has 2 aromatic carbocycles. The average Bonchev–Trinajstić information content (AvgIpc) is 2.58. The van der Waals surface area contributed by atoms with E-state index in [-0.39, 0.29) is 29.3 Å². The molecule has 1 aliphatic rings. The largest absolute Gasteiger partial charge is 0.324 e. The van der Waals surface area contributed by atoms with E-state index in [1.807, 2.05) is 11.0 Å². The SMILES string of the molecule is O=C(CN1CCNCC1c1cccc(F)c1)Nc1ccc(F)cc1Cl. The number of carbonyl (C=O) groups excluding carboxylic acids is 1. The van der Waals surface area contributed by atoms with Gasteiger partial charge in [0.15, 0.2) is 0 Å². The highest BCUT2D eigenvalue weighted by atomic mass is 35.5. The molecule has 3 rings (SSSR count). The molecular formula is C18H18ClF2N3O. The lowest BCUT2D eigenvalue weighted by Crippen LogP contribution is -2.48. The van der Waals surface area contributed by atoms with E-state index in [4.69, 9.17) is 11.6 Å². The third-order valence-corrected chi connectivity index (χ3v) is 4.45. The number of benzene rings is 2. The van der Waals surface area contributed by atoms with E-state index >= 15 is 0 Å². The van der Waals surface area contributed by atoms with Gasteiger partial charge in [-0.05, 0) is 35.9 Å². The summed E-state index contributed by atoms with van der Waals surface area (Å²) < 4.78 is 26.6. The molecule has 1 aliphatic heterocycles. The van der Waals surface area contributed by atoms with E-state index in [2.05, 4.69) is 10.6 Å². The molecule has 1 unspecified atom stereocenters. The predicted octanol–water partition coefficient (Wildman–Crippen LogP) is 3.20. The molecule has 0 aromatic heterocycles. The number of piperazine rings is 1. The number of anilines is 1. The van der Waals surface area contributed by atoms with Crippen LogP contribution >= 0.6 is 11.6 Å². The molecule has 0 spiro atoms. The van der Waals surface area contributed by atoms with E-state index in [0.717, 1.165) is 18.2 Å². The molecule has 132 valence electrons. The van der Waals surface area contributed by atoms with Crippen LogP contribution in [0.3, 0.4) is 0 Å². The van der Waals surface area contributed by atoms with E-state index in [0.29, 0.717) is 18.8 Å². The second-order valence-electron chi connectivity index (χ2n) is 5.92. The van der Waals surface area contributed by atoms with E-state index in [9.17, 15) is 13.6 Å². The van der Waals surface area contributed by atoms with Gasteiger partial charge in [-0.25, -0.2) is 8.78 Å². The maximum Gasteiger partial charge on any atom is 0.238 e. The van der Waals surface area contributed by atoms with Gasteiger partial charge in [-0.1, -0.05) is 23.7 Å². The smallest absolute Gasteiger partial charge is 0.238 e. The van der Waals surface area contributed by atoms with Crippen LogP contribution in [0.25, 0.3) is 0 Å². The molecule has 1 amide bonds. The van der Waals surface area contributed by atoms with Gasteiger partial charge in [0.1, 0.15) is 11.6 Å². The maximum atomic E-state index is 13.5. The Balaban J connectivity index is 1.69. The Labute approximate surface area is 149 Å². The summed E-state index contributed by atoms with van der Waals surface area (Å²) in [6.07, 6.45) is 0. The lowest BCUT2D eigenvalue weighted by molar-refractivity contribution is -0.118. The van der Waals surface area contributed by atoms with Gasteiger partial charge < -0.3 is 10.6 Å². The molecule has 2 aromatic rings. The molecule has 0 saturated carbocycles. The minimum absolute atomic E-state index is 0.0983. The summed E-state index contributed by atoms with van der Waals surface area (Å²) in [5, 5.41) is 6.11. The number of carbonyl (C=O) groups is 1. The quantitative estimate of drug-likeness (QED) is 0.874. The second-order valence-corrected chi connectivity index (χ2v) is 6.32. The number of nitrogens with one attached hydrogen (secondary N) is 2. The number of rotatable bonds is 4. The summed E-state index contributed by atoms with van der Waals surface area (Å²) in [5.74, 6) is -1.02. The van der Waals surface area contributed by atoms with Crippen molar-refractivity contribution in [1.29, 1.82) is 0 Å². The molecule has 0 radical (unpaired) electrons. The van der Waals surface area contributed by atoms with Crippen molar-refractivity contribution in [3.63, 3.8) is 0 Å². The van der Waals surface area contributed by atoms with Crippen LogP contribution in [-0.4, -0.2) is 37.0 Å². The van der Waals surface area contributed by atoms with Gasteiger partial charge in [-0.3, -0.25) is 9.69 Å². The molecular weight excluding hydrogens is 348 g/mol. The number of halogens is 3. The third kappa shape index (κ3) is 4.54. The Morgan fingerprint density at radius 1 is 1.24 bits per heavy atom. The van der Waals surface area contributed by atoms with Gasteiger partial charge in [0.2, 0.25) is 5.91 Å². The lowest BCUT2D eigenvalue weighted by atomic mass is 10.0. The van der Waals surface area contributed by atoms with Crippen LogP contribution in [0.4, 0.5) is 14.5 Å². The number of nitrogens with zero attached hydrogens (tertiary/aromatic N) is 1. The van der Waals surface area contributed by atoms with Crippen LogP contribution in [0.1, 0.15) is 11.6 Å².